The number of aliphatic imine (C=N–C) groups is 1. The van der Waals surface area contributed by atoms with Gasteiger partial charge in [0.2, 0.25) is 0 Å². The molecule has 1 heteroatoms. The average Bonchev–Trinajstić information content (AvgIpc) is 2.53. The Morgan fingerprint density at radius 3 is 1.06 bits per heavy atom. The smallest absolute Gasteiger partial charge is 0.0191 e. The van der Waals surface area contributed by atoms with Crippen LogP contribution in [0, 0.1) is 0 Å². The summed E-state index contributed by atoms with van der Waals surface area (Å²) in [5, 5.41) is 0. The first kappa shape index (κ1) is 36.0. The zero-order valence-electron chi connectivity index (χ0n) is 14.6. The van der Waals surface area contributed by atoms with Crippen LogP contribution in [0.5, 0.6) is 0 Å². The van der Waals surface area contributed by atoms with Crippen LogP contribution in [0.4, 0.5) is 0 Å². The minimum Gasteiger partial charge on any atom is -0.270 e. The number of nitrogens with zero attached hydrogens (tertiary/aromatic N) is 1. The second-order valence-electron chi connectivity index (χ2n) is 1.39. The third kappa shape index (κ3) is 344. The molecule has 0 aliphatic carbocycles. The maximum absolute atomic E-state index is 3.73. The summed E-state index contributed by atoms with van der Waals surface area (Å²) in [6.07, 6.45) is 7.61. The van der Waals surface area contributed by atoms with Gasteiger partial charge in [-0.05, 0) is 6.42 Å². The predicted molar refractivity (Wildman–Crippen MR) is 94.8 cm³/mol. The fourth-order valence-corrected chi connectivity index (χ4v) is 0.180. The lowest BCUT2D eigenvalue weighted by molar-refractivity contribution is 1.31. The van der Waals surface area contributed by atoms with Crippen LogP contribution in [-0.2, 0) is 0 Å². The first-order chi connectivity index (χ1) is 8.83. The van der Waals surface area contributed by atoms with Crippen LogP contribution in [0.15, 0.2) is 43.1 Å². The molecule has 18 heavy (non-hydrogen) atoms. The highest BCUT2D eigenvalue weighted by Crippen LogP contribution is 1.67. The molecule has 0 fully saturated rings. The van der Waals surface area contributed by atoms with Gasteiger partial charge in [0.15, 0.2) is 0 Å². The highest BCUT2D eigenvalue weighted by molar-refractivity contribution is 5.57. The van der Waals surface area contributed by atoms with Crippen LogP contribution in [0.1, 0.15) is 68.7 Å². The topological polar surface area (TPSA) is 12.4 Å². The predicted octanol–water partition coefficient (Wildman–Crippen LogP) is 7.07. The van der Waals surface area contributed by atoms with E-state index < -0.39 is 0 Å². The van der Waals surface area contributed by atoms with Crippen molar-refractivity contribution in [2.45, 2.75) is 68.7 Å². The van der Waals surface area contributed by atoms with E-state index in [1.54, 1.807) is 12.2 Å². The van der Waals surface area contributed by atoms with Gasteiger partial charge in [-0.25, -0.2) is 0 Å². The molecule has 0 saturated carbocycles. The number of allylic oxidation sites excluding steroid dienone is 2. The maximum Gasteiger partial charge on any atom is 0.0191 e. The highest BCUT2D eigenvalue weighted by atomic mass is 14.6. The summed E-state index contributed by atoms with van der Waals surface area (Å²) in [5.74, 6) is 0. The monoisotopic (exact) mass is 257 g/mol. The lowest BCUT2D eigenvalue weighted by Gasteiger charge is -1.68. The Labute approximate surface area is 118 Å². The van der Waals surface area contributed by atoms with E-state index in [9.17, 15) is 0 Å². The minimum atomic E-state index is 0.992. The second-order valence-corrected chi connectivity index (χ2v) is 1.39. The molecule has 0 radical (unpaired) electrons. The first-order valence-electron chi connectivity index (χ1n) is 7.19. The van der Waals surface area contributed by atoms with Gasteiger partial charge in [0, 0.05) is 12.4 Å². The second kappa shape index (κ2) is 147. The van der Waals surface area contributed by atoms with E-state index in [2.05, 4.69) is 24.7 Å². The Hall–Kier alpha value is -1.11. The fraction of sp³-hybridized carbons (Fsp3) is 0.588. The summed E-state index contributed by atoms with van der Waals surface area (Å²) in [6.45, 7) is 28.2. The van der Waals surface area contributed by atoms with Gasteiger partial charge in [0.05, 0.1) is 0 Å². The Morgan fingerprint density at radius 1 is 0.722 bits per heavy atom. The van der Waals surface area contributed by atoms with Gasteiger partial charge in [-0.2, -0.15) is 0 Å². The first-order valence-corrected chi connectivity index (χ1v) is 7.19. The van der Waals surface area contributed by atoms with Crippen molar-refractivity contribution in [3.05, 3.63) is 38.1 Å². The van der Waals surface area contributed by atoms with E-state index in [1.165, 1.54) is 6.20 Å². The summed E-state index contributed by atoms with van der Waals surface area (Å²) in [5.41, 5.74) is 0. The van der Waals surface area contributed by atoms with E-state index in [0.717, 1.165) is 6.42 Å². The van der Waals surface area contributed by atoms with Gasteiger partial charge in [-0.15, -0.1) is 0 Å². The maximum atomic E-state index is 3.73. The van der Waals surface area contributed by atoms with Crippen molar-refractivity contribution in [1.29, 1.82) is 0 Å². The van der Waals surface area contributed by atoms with Gasteiger partial charge < -0.3 is 0 Å². The van der Waals surface area contributed by atoms with Crippen molar-refractivity contribution in [1.82, 2.24) is 0 Å². The molecule has 0 bridgehead atoms. The third-order valence-electron chi connectivity index (χ3n) is 0.560. The van der Waals surface area contributed by atoms with E-state index in [0.29, 0.717) is 0 Å². The molecule has 0 amide bonds. The molecule has 0 spiro atoms. The molecule has 0 aliphatic heterocycles. The summed E-state index contributed by atoms with van der Waals surface area (Å²) in [7, 11) is 0. The highest BCUT2D eigenvalue weighted by Gasteiger charge is 1.55. The van der Waals surface area contributed by atoms with Crippen molar-refractivity contribution in [2.75, 3.05) is 0 Å². The molecule has 0 unspecified atom stereocenters. The Kier molecular flexibility index (Phi) is 294. The standard InChI is InChI=1S/C5H9N.C4H6.4C2H6/c1-3-5-6-4-2;1-3-4-2;4*1-2/h4-5H,2-3H2,1H3;3-4H,1-2H2;4*1-2H3. The van der Waals surface area contributed by atoms with Crippen molar-refractivity contribution in [2.24, 2.45) is 4.99 Å². The molecule has 0 aromatic heterocycles. The van der Waals surface area contributed by atoms with Crippen LogP contribution >= 0.6 is 0 Å². The van der Waals surface area contributed by atoms with E-state index in [-0.39, 0.29) is 0 Å². The van der Waals surface area contributed by atoms with Crippen LogP contribution in [-0.4, -0.2) is 6.21 Å². The molecule has 0 N–H and O–H groups in total. The molecule has 0 aliphatic rings. The van der Waals surface area contributed by atoms with Crippen LogP contribution in [0.2, 0.25) is 0 Å². The van der Waals surface area contributed by atoms with Crippen molar-refractivity contribution in [3.8, 4) is 0 Å². The molecule has 0 aromatic rings. The molecule has 1 nitrogen and oxygen atoms in total. The summed E-state index contributed by atoms with van der Waals surface area (Å²) < 4.78 is 0. The van der Waals surface area contributed by atoms with Gasteiger partial charge in [-0.3, -0.25) is 4.99 Å². The Morgan fingerprint density at radius 2 is 1.00 bits per heavy atom. The Bertz CT molecular complexity index is 107. The molecule has 0 heterocycles. The normalized spacial score (nSPS) is 5.61. The number of rotatable bonds is 3. The SMILES string of the molecule is C=CC=C.C=CN=CCC.CC.CC.CC.CC. The van der Waals surface area contributed by atoms with E-state index >= 15 is 0 Å². The Balaban J connectivity index is -0.0000000264. The lowest BCUT2D eigenvalue weighted by atomic mass is 10.5. The van der Waals surface area contributed by atoms with Crippen LogP contribution in [0.3, 0.4) is 0 Å². The van der Waals surface area contributed by atoms with Gasteiger partial charge in [0.25, 0.3) is 0 Å². The van der Waals surface area contributed by atoms with Gasteiger partial charge in [-0.1, -0.05) is 94.2 Å². The summed E-state index contributed by atoms with van der Waals surface area (Å²) in [4.78, 5) is 3.73. The van der Waals surface area contributed by atoms with Crippen molar-refractivity contribution >= 4 is 6.21 Å². The van der Waals surface area contributed by atoms with E-state index in [1.807, 2.05) is 68.5 Å². The summed E-state index contributed by atoms with van der Waals surface area (Å²) in [6, 6.07) is 0. The lowest BCUT2D eigenvalue weighted by Crippen LogP contribution is -1.59. The molecule has 112 valence electrons. The van der Waals surface area contributed by atoms with Crippen molar-refractivity contribution < 1.29 is 0 Å². The number of hydrogen-bond donors (Lipinski definition) is 0. The fourth-order valence-electron chi connectivity index (χ4n) is 0.180. The minimum absolute atomic E-state index is 0.992. The average molecular weight is 258 g/mol. The number of hydrogen-bond acceptors (Lipinski definition) is 1. The molecule has 0 saturated heterocycles. The zero-order chi connectivity index (χ0) is 16.2. The molecule has 0 aromatic carbocycles. The van der Waals surface area contributed by atoms with Gasteiger partial charge in [0.1, 0.15) is 0 Å². The van der Waals surface area contributed by atoms with Gasteiger partial charge >= 0.3 is 0 Å². The molecule has 0 rings (SSSR count). The zero-order valence-corrected chi connectivity index (χ0v) is 14.6. The molecular formula is C17H39N. The van der Waals surface area contributed by atoms with Crippen LogP contribution < -0.4 is 0 Å². The molecular weight excluding hydrogens is 218 g/mol. The van der Waals surface area contributed by atoms with Crippen molar-refractivity contribution in [3.63, 3.8) is 0 Å². The third-order valence-corrected chi connectivity index (χ3v) is 0.560. The molecule has 0 atom stereocenters. The summed E-state index contributed by atoms with van der Waals surface area (Å²) >= 11 is 0. The largest absolute Gasteiger partial charge is 0.270 e. The van der Waals surface area contributed by atoms with E-state index in [4.69, 9.17) is 0 Å². The quantitative estimate of drug-likeness (QED) is 0.378. The van der Waals surface area contributed by atoms with Crippen LogP contribution in [0.25, 0.3) is 0 Å².